The van der Waals surface area contributed by atoms with E-state index >= 15 is 0 Å². The molecule has 0 saturated heterocycles. The predicted octanol–water partition coefficient (Wildman–Crippen LogP) is 4.96. The third kappa shape index (κ3) is 4.59. The molecule has 1 aliphatic rings. The van der Waals surface area contributed by atoms with Gasteiger partial charge >= 0.3 is 0 Å². The SMILES string of the molecule is Cc1ccc(OC(C)C(=O)NC2CCCc3c2cnn3Cc2ccccc2)c(Br)c1. The third-order valence-corrected chi connectivity index (χ3v) is 6.13. The minimum Gasteiger partial charge on any atom is -0.480 e. The molecule has 0 saturated carbocycles. The zero-order chi connectivity index (χ0) is 21.1. The lowest BCUT2D eigenvalue weighted by atomic mass is 9.92. The Bertz CT molecular complexity index is 1030. The van der Waals surface area contributed by atoms with Gasteiger partial charge in [0.2, 0.25) is 0 Å². The number of carbonyl (C=O) groups excluding carboxylic acids is 1. The molecule has 1 aromatic heterocycles. The lowest BCUT2D eigenvalue weighted by Gasteiger charge is -2.26. The molecule has 1 heterocycles. The van der Waals surface area contributed by atoms with E-state index in [2.05, 4.69) is 43.2 Å². The molecule has 3 aromatic rings. The largest absolute Gasteiger partial charge is 0.480 e. The van der Waals surface area contributed by atoms with Gasteiger partial charge in [-0.25, -0.2) is 0 Å². The van der Waals surface area contributed by atoms with E-state index in [-0.39, 0.29) is 11.9 Å². The Hall–Kier alpha value is -2.60. The minimum atomic E-state index is -0.589. The van der Waals surface area contributed by atoms with E-state index in [1.54, 1.807) is 6.92 Å². The zero-order valence-electron chi connectivity index (χ0n) is 17.3. The number of hydrogen-bond acceptors (Lipinski definition) is 3. The third-order valence-electron chi connectivity index (χ3n) is 5.51. The number of nitrogens with one attached hydrogen (secondary N) is 1. The Morgan fingerprint density at radius 3 is 2.87 bits per heavy atom. The van der Waals surface area contributed by atoms with Gasteiger partial charge in [-0.3, -0.25) is 9.48 Å². The lowest BCUT2D eigenvalue weighted by Crippen LogP contribution is -2.39. The second-order valence-corrected chi connectivity index (χ2v) is 8.69. The van der Waals surface area contributed by atoms with Gasteiger partial charge in [0.1, 0.15) is 5.75 Å². The Morgan fingerprint density at radius 1 is 1.30 bits per heavy atom. The molecule has 1 amide bonds. The van der Waals surface area contributed by atoms with Crippen molar-refractivity contribution in [3.8, 4) is 5.75 Å². The summed E-state index contributed by atoms with van der Waals surface area (Å²) in [6, 6.07) is 16.1. The van der Waals surface area contributed by atoms with E-state index in [9.17, 15) is 4.79 Å². The summed E-state index contributed by atoms with van der Waals surface area (Å²) < 4.78 is 8.81. The topological polar surface area (TPSA) is 56.1 Å². The van der Waals surface area contributed by atoms with Crippen molar-refractivity contribution >= 4 is 21.8 Å². The molecule has 156 valence electrons. The van der Waals surface area contributed by atoms with Crippen LogP contribution < -0.4 is 10.1 Å². The van der Waals surface area contributed by atoms with Crippen LogP contribution in [-0.2, 0) is 17.8 Å². The molecule has 1 aliphatic carbocycles. The highest BCUT2D eigenvalue weighted by molar-refractivity contribution is 9.10. The van der Waals surface area contributed by atoms with Crippen LogP contribution in [0.5, 0.6) is 5.75 Å². The molecule has 1 N–H and O–H groups in total. The van der Waals surface area contributed by atoms with Gasteiger partial charge in [0.15, 0.2) is 6.10 Å². The first-order valence-corrected chi connectivity index (χ1v) is 11.1. The number of aryl methyl sites for hydroxylation is 1. The van der Waals surface area contributed by atoms with E-state index < -0.39 is 6.10 Å². The van der Waals surface area contributed by atoms with Gasteiger partial charge in [-0.1, -0.05) is 36.4 Å². The van der Waals surface area contributed by atoms with Crippen molar-refractivity contribution < 1.29 is 9.53 Å². The summed E-state index contributed by atoms with van der Waals surface area (Å²) in [7, 11) is 0. The number of halogens is 1. The number of amides is 1. The molecule has 4 rings (SSSR count). The molecule has 2 unspecified atom stereocenters. The van der Waals surface area contributed by atoms with Gasteiger partial charge in [0.05, 0.1) is 23.3 Å². The molecule has 2 atom stereocenters. The average Bonchev–Trinajstić information content (AvgIpc) is 3.14. The monoisotopic (exact) mass is 467 g/mol. The minimum absolute atomic E-state index is 0.0294. The smallest absolute Gasteiger partial charge is 0.261 e. The van der Waals surface area contributed by atoms with Crippen LogP contribution in [0.1, 0.15) is 48.2 Å². The molecular weight excluding hydrogens is 442 g/mol. The number of aromatic nitrogens is 2. The van der Waals surface area contributed by atoms with Crippen LogP contribution in [0.25, 0.3) is 0 Å². The van der Waals surface area contributed by atoms with Gasteiger partial charge < -0.3 is 10.1 Å². The molecular formula is C24H26BrN3O2. The second kappa shape index (κ2) is 9.04. The van der Waals surface area contributed by atoms with Crippen molar-refractivity contribution in [3.05, 3.63) is 81.6 Å². The standard InChI is InChI=1S/C24H26BrN3O2/c1-16-11-12-23(20(25)13-16)30-17(2)24(29)27-21-9-6-10-22-19(21)14-26-28(22)15-18-7-4-3-5-8-18/h3-5,7-8,11-14,17,21H,6,9-10,15H2,1-2H3,(H,27,29). The molecule has 0 radical (unpaired) electrons. The summed E-state index contributed by atoms with van der Waals surface area (Å²) >= 11 is 3.51. The maximum atomic E-state index is 12.8. The fourth-order valence-electron chi connectivity index (χ4n) is 3.90. The van der Waals surface area contributed by atoms with Crippen LogP contribution in [0.4, 0.5) is 0 Å². The Morgan fingerprint density at radius 2 is 2.10 bits per heavy atom. The van der Waals surface area contributed by atoms with Crippen LogP contribution in [0.2, 0.25) is 0 Å². The normalized spacial score (nSPS) is 16.6. The maximum Gasteiger partial charge on any atom is 0.261 e. The molecule has 0 spiro atoms. The molecule has 0 fully saturated rings. The maximum absolute atomic E-state index is 12.8. The molecule has 0 aliphatic heterocycles. The summed E-state index contributed by atoms with van der Waals surface area (Å²) in [5.41, 5.74) is 4.69. The number of rotatable bonds is 6. The Balaban J connectivity index is 1.44. The van der Waals surface area contributed by atoms with E-state index in [1.165, 1.54) is 11.3 Å². The van der Waals surface area contributed by atoms with Crippen molar-refractivity contribution in [1.82, 2.24) is 15.1 Å². The highest BCUT2D eigenvalue weighted by Crippen LogP contribution is 2.31. The highest BCUT2D eigenvalue weighted by Gasteiger charge is 2.27. The first kappa shape index (κ1) is 20.7. The van der Waals surface area contributed by atoms with Crippen molar-refractivity contribution in [2.45, 2.75) is 51.8 Å². The molecule has 30 heavy (non-hydrogen) atoms. The van der Waals surface area contributed by atoms with Crippen LogP contribution in [0.3, 0.4) is 0 Å². The molecule has 2 aromatic carbocycles. The van der Waals surface area contributed by atoms with E-state index in [0.717, 1.165) is 41.4 Å². The summed E-state index contributed by atoms with van der Waals surface area (Å²) in [6.07, 6.45) is 4.24. The summed E-state index contributed by atoms with van der Waals surface area (Å²) in [6.45, 7) is 4.55. The van der Waals surface area contributed by atoms with E-state index in [0.29, 0.717) is 5.75 Å². The predicted molar refractivity (Wildman–Crippen MR) is 121 cm³/mol. The first-order chi connectivity index (χ1) is 14.5. The van der Waals surface area contributed by atoms with Crippen LogP contribution >= 0.6 is 15.9 Å². The number of benzene rings is 2. The Kier molecular flexibility index (Phi) is 6.23. The number of carbonyl (C=O) groups is 1. The van der Waals surface area contributed by atoms with Crippen LogP contribution in [0.15, 0.2) is 59.2 Å². The zero-order valence-corrected chi connectivity index (χ0v) is 18.9. The van der Waals surface area contributed by atoms with Crippen molar-refractivity contribution in [2.24, 2.45) is 0 Å². The number of fused-ring (bicyclic) bond motifs is 1. The van der Waals surface area contributed by atoms with E-state index in [1.807, 2.05) is 49.5 Å². The van der Waals surface area contributed by atoms with Gasteiger partial charge in [-0.05, 0) is 72.3 Å². The number of nitrogens with zero attached hydrogens (tertiary/aromatic N) is 2. The van der Waals surface area contributed by atoms with Crippen molar-refractivity contribution in [3.63, 3.8) is 0 Å². The van der Waals surface area contributed by atoms with Crippen LogP contribution in [-0.4, -0.2) is 21.8 Å². The summed E-state index contributed by atoms with van der Waals surface area (Å²) in [5, 5.41) is 7.78. The van der Waals surface area contributed by atoms with E-state index in [4.69, 9.17) is 4.74 Å². The fourth-order valence-corrected chi connectivity index (χ4v) is 4.48. The van der Waals surface area contributed by atoms with Gasteiger partial charge in [-0.15, -0.1) is 0 Å². The van der Waals surface area contributed by atoms with Gasteiger partial charge in [0.25, 0.3) is 5.91 Å². The highest BCUT2D eigenvalue weighted by atomic mass is 79.9. The molecule has 0 bridgehead atoms. The fraction of sp³-hybridized carbons (Fsp3) is 0.333. The number of ether oxygens (including phenoxy) is 1. The van der Waals surface area contributed by atoms with Crippen molar-refractivity contribution in [1.29, 1.82) is 0 Å². The molecule has 5 nitrogen and oxygen atoms in total. The second-order valence-electron chi connectivity index (χ2n) is 7.84. The van der Waals surface area contributed by atoms with Crippen LogP contribution in [0, 0.1) is 6.92 Å². The van der Waals surface area contributed by atoms with Gasteiger partial charge in [-0.2, -0.15) is 5.10 Å². The lowest BCUT2D eigenvalue weighted by molar-refractivity contribution is -0.128. The quantitative estimate of drug-likeness (QED) is 0.556. The average molecular weight is 468 g/mol. The Labute approximate surface area is 185 Å². The van der Waals surface area contributed by atoms with Crippen molar-refractivity contribution in [2.75, 3.05) is 0 Å². The van der Waals surface area contributed by atoms with Gasteiger partial charge in [0, 0.05) is 11.3 Å². The summed E-state index contributed by atoms with van der Waals surface area (Å²) in [4.78, 5) is 12.8. The molecule has 6 heteroatoms. The number of hydrogen-bond donors (Lipinski definition) is 1. The summed E-state index contributed by atoms with van der Waals surface area (Å²) in [5.74, 6) is 0.555. The first-order valence-electron chi connectivity index (χ1n) is 10.3.